The summed E-state index contributed by atoms with van der Waals surface area (Å²) < 4.78 is 0. The molecule has 118 valence electrons. The fourth-order valence-electron chi connectivity index (χ4n) is 3.28. The van der Waals surface area contributed by atoms with Gasteiger partial charge in [-0.3, -0.25) is 0 Å². The highest BCUT2D eigenvalue weighted by molar-refractivity contribution is 5.58. The van der Waals surface area contributed by atoms with E-state index in [-0.39, 0.29) is 0 Å². The first-order valence-corrected chi connectivity index (χ1v) is 8.32. The number of nitrogens with one attached hydrogen (secondary N) is 1. The Morgan fingerprint density at radius 1 is 1.19 bits per heavy atom. The summed E-state index contributed by atoms with van der Waals surface area (Å²) >= 11 is 0. The van der Waals surface area contributed by atoms with Gasteiger partial charge in [-0.15, -0.1) is 0 Å². The number of hydrogen-bond acceptors (Lipinski definition) is 5. The predicted octanol–water partition coefficient (Wildman–Crippen LogP) is 3.18. The second kappa shape index (κ2) is 7.59. The van der Waals surface area contributed by atoms with Gasteiger partial charge in [0.15, 0.2) is 0 Å². The zero-order chi connectivity index (χ0) is 15.2. The summed E-state index contributed by atoms with van der Waals surface area (Å²) in [6, 6.07) is 0.609. The van der Waals surface area contributed by atoms with E-state index in [1.165, 1.54) is 32.1 Å². The van der Waals surface area contributed by atoms with Gasteiger partial charge in [0.1, 0.15) is 17.5 Å². The predicted molar refractivity (Wildman–Crippen MR) is 88.5 cm³/mol. The van der Waals surface area contributed by atoms with E-state index in [1.54, 1.807) is 0 Å². The van der Waals surface area contributed by atoms with Crippen LogP contribution in [0.4, 0.5) is 11.6 Å². The lowest BCUT2D eigenvalue weighted by atomic mass is 9.94. The fraction of sp³-hybridized carbons (Fsp3) is 0.750. The molecule has 0 amide bonds. The number of hydrogen-bond donors (Lipinski definition) is 2. The number of nitrogens with two attached hydrogens (primary N) is 1. The molecule has 1 aromatic rings. The lowest BCUT2D eigenvalue weighted by Crippen LogP contribution is -2.38. The zero-order valence-corrected chi connectivity index (χ0v) is 13.7. The van der Waals surface area contributed by atoms with Crippen molar-refractivity contribution in [2.75, 3.05) is 16.9 Å². The van der Waals surface area contributed by atoms with Gasteiger partial charge in [0.25, 0.3) is 0 Å². The quantitative estimate of drug-likeness (QED) is 0.622. The maximum atomic E-state index is 5.65. The van der Waals surface area contributed by atoms with E-state index in [1.807, 2.05) is 0 Å². The van der Waals surface area contributed by atoms with Gasteiger partial charge in [-0.25, -0.2) is 15.8 Å². The molecular weight excluding hydrogens is 262 g/mol. The molecule has 0 saturated heterocycles. The minimum absolute atomic E-state index is 0.609. The van der Waals surface area contributed by atoms with Crippen molar-refractivity contribution in [2.45, 2.75) is 71.8 Å². The molecule has 0 aliphatic heterocycles. The molecule has 0 spiro atoms. The van der Waals surface area contributed by atoms with E-state index in [0.717, 1.165) is 42.4 Å². The van der Waals surface area contributed by atoms with E-state index in [2.05, 4.69) is 36.1 Å². The third-order valence-corrected chi connectivity index (χ3v) is 4.40. The summed E-state index contributed by atoms with van der Waals surface area (Å²) in [4.78, 5) is 11.8. The Balaban J connectivity index is 2.35. The number of anilines is 2. The van der Waals surface area contributed by atoms with E-state index < -0.39 is 0 Å². The molecule has 0 radical (unpaired) electrons. The van der Waals surface area contributed by atoms with Crippen molar-refractivity contribution < 1.29 is 0 Å². The second-order valence-electron chi connectivity index (χ2n) is 5.91. The normalized spacial score (nSPS) is 16.0. The van der Waals surface area contributed by atoms with E-state index >= 15 is 0 Å². The standard InChI is InChI=1S/C16H29N5/c1-4-9-14-18-15(20-17)12(3)16(19-14)21(5-2)13-10-7-6-8-11-13/h13H,4-11,17H2,1-3H3,(H,18,19,20). The third kappa shape index (κ3) is 3.64. The highest BCUT2D eigenvalue weighted by atomic mass is 15.3. The van der Waals surface area contributed by atoms with Crippen molar-refractivity contribution in [3.8, 4) is 0 Å². The third-order valence-electron chi connectivity index (χ3n) is 4.40. The molecule has 5 nitrogen and oxygen atoms in total. The van der Waals surface area contributed by atoms with Crippen LogP contribution in [0.15, 0.2) is 0 Å². The molecule has 0 bridgehead atoms. The van der Waals surface area contributed by atoms with Gasteiger partial charge in [-0.1, -0.05) is 26.2 Å². The molecule has 2 rings (SSSR count). The van der Waals surface area contributed by atoms with Gasteiger partial charge in [0, 0.05) is 24.6 Å². The molecular formula is C16H29N5. The molecule has 1 fully saturated rings. The van der Waals surface area contributed by atoms with Gasteiger partial charge >= 0.3 is 0 Å². The maximum Gasteiger partial charge on any atom is 0.148 e. The minimum Gasteiger partial charge on any atom is -0.354 e. The van der Waals surface area contributed by atoms with Crippen LogP contribution >= 0.6 is 0 Å². The first-order chi connectivity index (χ1) is 10.2. The average Bonchev–Trinajstić information content (AvgIpc) is 2.52. The summed E-state index contributed by atoms with van der Waals surface area (Å²) in [5, 5.41) is 0. The molecule has 1 aliphatic rings. The lowest BCUT2D eigenvalue weighted by molar-refractivity contribution is 0.415. The number of hydrazine groups is 1. The van der Waals surface area contributed by atoms with Crippen molar-refractivity contribution >= 4 is 11.6 Å². The van der Waals surface area contributed by atoms with Crippen LogP contribution in [0.3, 0.4) is 0 Å². The van der Waals surface area contributed by atoms with Crippen LogP contribution in [0, 0.1) is 6.92 Å². The van der Waals surface area contributed by atoms with Gasteiger partial charge in [-0.2, -0.15) is 0 Å². The van der Waals surface area contributed by atoms with Crippen LogP contribution < -0.4 is 16.2 Å². The van der Waals surface area contributed by atoms with Crippen molar-refractivity contribution in [1.82, 2.24) is 9.97 Å². The van der Waals surface area contributed by atoms with Gasteiger partial charge in [0.05, 0.1) is 0 Å². The van der Waals surface area contributed by atoms with Crippen LogP contribution in [-0.4, -0.2) is 22.6 Å². The number of aryl methyl sites for hydroxylation is 1. The van der Waals surface area contributed by atoms with E-state index in [0.29, 0.717) is 6.04 Å². The maximum absolute atomic E-state index is 5.65. The number of nitrogens with zero attached hydrogens (tertiary/aromatic N) is 3. The smallest absolute Gasteiger partial charge is 0.148 e. The van der Waals surface area contributed by atoms with Crippen LogP contribution in [0.1, 0.15) is 63.8 Å². The Bertz CT molecular complexity index is 454. The van der Waals surface area contributed by atoms with Crippen molar-refractivity contribution in [2.24, 2.45) is 5.84 Å². The summed E-state index contributed by atoms with van der Waals surface area (Å²) in [7, 11) is 0. The molecule has 3 N–H and O–H groups in total. The average molecular weight is 291 g/mol. The van der Waals surface area contributed by atoms with Crippen molar-refractivity contribution in [1.29, 1.82) is 0 Å². The molecule has 0 unspecified atom stereocenters. The molecule has 0 aromatic carbocycles. The number of rotatable bonds is 6. The molecule has 0 atom stereocenters. The van der Waals surface area contributed by atoms with Crippen LogP contribution in [-0.2, 0) is 6.42 Å². The number of nitrogen functional groups attached to an aromatic ring is 1. The molecule has 21 heavy (non-hydrogen) atoms. The van der Waals surface area contributed by atoms with Crippen LogP contribution in [0.2, 0.25) is 0 Å². The lowest BCUT2D eigenvalue weighted by Gasteiger charge is -2.35. The Labute approximate surface area is 128 Å². The topological polar surface area (TPSA) is 67.1 Å². The first-order valence-electron chi connectivity index (χ1n) is 8.32. The highest BCUT2D eigenvalue weighted by Gasteiger charge is 2.24. The second-order valence-corrected chi connectivity index (χ2v) is 5.91. The van der Waals surface area contributed by atoms with Crippen molar-refractivity contribution in [3.63, 3.8) is 0 Å². The minimum atomic E-state index is 0.609. The summed E-state index contributed by atoms with van der Waals surface area (Å²) in [6.07, 6.45) is 8.50. The van der Waals surface area contributed by atoms with Gasteiger partial charge < -0.3 is 10.3 Å². The largest absolute Gasteiger partial charge is 0.354 e. The van der Waals surface area contributed by atoms with Crippen LogP contribution in [0.25, 0.3) is 0 Å². The molecule has 1 aromatic heterocycles. The molecule has 1 aliphatic carbocycles. The SMILES string of the molecule is CCCc1nc(NN)c(C)c(N(CC)C2CCCCC2)n1. The number of aromatic nitrogens is 2. The monoisotopic (exact) mass is 291 g/mol. The van der Waals surface area contributed by atoms with E-state index in [4.69, 9.17) is 10.8 Å². The Morgan fingerprint density at radius 2 is 1.90 bits per heavy atom. The summed E-state index contributed by atoms with van der Waals surface area (Å²) in [5.41, 5.74) is 3.80. The van der Waals surface area contributed by atoms with Gasteiger partial charge in [-0.05, 0) is 33.1 Å². The summed E-state index contributed by atoms with van der Waals surface area (Å²) in [6.45, 7) is 7.41. The zero-order valence-electron chi connectivity index (χ0n) is 13.7. The summed E-state index contributed by atoms with van der Waals surface area (Å²) in [5.74, 6) is 8.36. The Kier molecular flexibility index (Phi) is 5.79. The Hall–Kier alpha value is -1.36. The van der Waals surface area contributed by atoms with E-state index in [9.17, 15) is 0 Å². The first kappa shape index (κ1) is 16.0. The van der Waals surface area contributed by atoms with Crippen molar-refractivity contribution in [3.05, 3.63) is 11.4 Å². The van der Waals surface area contributed by atoms with Gasteiger partial charge in [0.2, 0.25) is 0 Å². The van der Waals surface area contributed by atoms with Crippen LogP contribution in [0.5, 0.6) is 0 Å². The molecule has 1 saturated carbocycles. The molecule has 1 heterocycles. The fourth-order valence-corrected chi connectivity index (χ4v) is 3.28. The molecule has 5 heteroatoms. The Morgan fingerprint density at radius 3 is 2.48 bits per heavy atom. The highest BCUT2D eigenvalue weighted by Crippen LogP contribution is 2.30.